The summed E-state index contributed by atoms with van der Waals surface area (Å²) in [5.41, 5.74) is 1.26. The molecule has 134 valence electrons. The predicted molar refractivity (Wildman–Crippen MR) is 102 cm³/mol. The number of rotatable bonds is 4. The van der Waals surface area contributed by atoms with Crippen LogP contribution in [0.2, 0.25) is 0 Å². The molecule has 2 aliphatic rings. The molecule has 0 aromatic heterocycles. The van der Waals surface area contributed by atoms with Gasteiger partial charge in [0.2, 0.25) is 0 Å². The number of nitrogens with zero attached hydrogens (tertiary/aromatic N) is 2. The first-order valence-electron chi connectivity index (χ1n) is 9.54. The molecule has 0 amide bonds. The monoisotopic (exact) mass is 348 g/mol. The molecule has 2 heterocycles. The minimum atomic E-state index is -0.628. The van der Waals surface area contributed by atoms with Crippen molar-refractivity contribution in [1.29, 1.82) is 5.26 Å². The number of carbonyl (C=O) groups excluding carboxylic acids is 1. The summed E-state index contributed by atoms with van der Waals surface area (Å²) in [5.74, 6) is -0.872. The predicted octanol–water partition coefficient (Wildman–Crippen LogP) is 4.29. The second kappa shape index (κ2) is 6.99. The van der Waals surface area contributed by atoms with Gasteiger partial charge in [0.1, 0.15) is 5.92 Å². The van der Waals surface area contributed by atoms with Crippen LogP contribution in [0.25, 0.3) is 10.8 Å². The van der Waals surface area contributed by atoms with Crippen molar-refractivity contribution in [2.24, 2.45) is 11.8 Å². The highest BCUT2D eigenvalue weighted by atomic mass is 16.5. The summed E-state index contributed by atoms with van der Waals surface area (Å²) in [6.07, 6.45) is 4.05. The average molecular weight is 348 g/mol. The molecular formula is C22H24N2O2. The molecule has 4 heteroatoms. The van der Waals surface area contributed by atoms with Gasteiger partial charge in [-0.05, 0) is 61.4 Å². The van der Waals surface area contributed by atoms with E-state index in [1.165, 1.54) is 16.5 Å². The highest BCUT2D eigenvalue weighted by molar-refractivity contribution is 5.86. The Kier molecular flexibility index (Phi) is 4.55. The Morgan fingerprint density at radius 3 is 2.54 bits per heavy atom. The van der Waals surface area contributed by atoms with Gasteiger partial charge >= 0.3 is 5.97 Å². The Morgan fingerprint density at radius 2 is 1.88 bits per heavy atom. The van der Waals surface area contributed by atoms with Crippen molar-refractivity contribution in [3.8, 4) is 6.07 Å². The van der Waals surface area contributed by atoms with Gasteiger partial charge in [-0.25, -0.2) is 0 Å². The number of fused-ring (bicyclic) bond motifs is 3. The van der Waals surface area contributed by atoms with Crippen molar-refractivity contribution in [1.82, 2.24) is 0 Å². The van der Waals surface area contributed by atoms with E-state index in [0.717, 1.165) is 25.7 Å². The summed E-state index contributed by atoms with van der Waals surface area (Å²) >= 11 is 0. The second-order valence-corrected chi connectivity index (χ2v) is 7.41. The number of hydrogen-bond donors (Lipinski definition) is 0. The number of nitriles is 1. The van der Waals surface area contributed by atoms with Crippen LogP contribution in [-0.4, -0.2) is 24.7 Å². The normalized spacial score (nSPS) is 25.7. The zero-order chi connectivity index (χ0) is 18.1. The lowest BCUT2D eigenvalue weighted by molar-refractivity contribution is -0.148. The Morgan fingerprint density at radius 1 is 1.19 bits per heavy atom. The summed E-state index contributed by atoms with van der Waals surface area (Å²) in [6, 6.07) is 18.1. The van der Waals surface area contributed by atoms with E-state index in [-0.39, 0.29) is 11.9 Å². The Labute approximate surface area is 154 Å². The van der Waals surface area contributed by atoms with Gasteiger partial charge in [0, 0.05) is 17.8 Å². The van der Waals surface area contributed by atoms with Crippen molar-refractivity contribution < 1.29 is 9.53 Å². The SMILES string of the molecule is CCOC(=O)C(C#N)C1CC2CCC(C1)N2c1ccc2ccccc2c1. The van der Waals surface area contributed by atoms with Gasteiger partial charge < -0.3 is 9.64 Å². The smallest absolute Gasteiger partial charge is 0.323 e. The number of esters is 1. The van der Waals surface area contributed by atoms with Gasteiger partial charge in [-0.3, -0.25) is 4.79 Å². The standard InChI is InChI=1S/C22H24N2O2/c1-2-26-22(25)21(14-23)17-12-19-9-10-20(13-17)24(19)18-8-7-15-5-3-4-6-16(15)11-18/h3-8,11,17,19-21H,2,9-10,12-13H2,1H3. The number of anilines is 1. The van der Waals surface area contributed by atoms with Crippen molar-refractivity contribution in [3.05, 3.63) is 42.5 Å². The maximum Gasteiger partial charge on any atom is 0.323 e. The number of benzene rings is 2. The minimum Gasteiger partial charge on any atom is -0.465 e. The maximum absolute atomic E-state index is 12.1. The van der Waals surface area contributed by atoms with Gasteiger partial charge in [0.05, 0.1) is 12.7 Å². The zero-order valence-electron chi connectivity index (χ0n) is 15.1. The lowest BCUT2D eigenvalue weighted by Crippen LogP contribution is -2.45. The molecule has 4 nitrogen and oxygen atoms in total. The molecule has 0 saturated carbocycles. The molecule has 0 spiro atoms. The first-order chi connectivity index (χ1) is 12.7. The van der Waals surface area contributed by atoms with E-state index in [0.29, 0.717) is 18.7 Å². The first kappa shape index (κ1) is 16.9. The van der Waals surface area contributed by atoms with Crippen LogP contribution >= 0.6 is 0 Å². The fourth-order valence-electron chi connectivity index (χ4n) is 4.83. The highest BCUT2D eigenvalue weighted by Gasteiger charge is 2.45. The number of ether oxygens (including phenoxy) is 1. The quantitative estimate of drug-likeness (QED) is 0.774. The van der Waals surface area contributed by atoms with Gasteiger partial charge in [-0.2, -0.15) is 5.26 Å². The minimum absolute atomic E-state index is 0.105. The molecule has 2 aromatic carbocycles. The fraction of sp³-hybridized carbons (Fsp3) is 0.455. The van der Waals surface area contributed by atoms with E-state index in [9.17, 15) is 10.1 Å². The third-order valence-corrected chi connectivity index (χ3v) is 5.95. The summed E-state index contributed by atoms with van der Waals surface area (Å²) < 4.78 is 5.12. The van der Waals surface area contributed by atoms with Gasteiger partial charge in [0.25, 0.3) is 0 Å². The molecule has 2 fully saturated rings. The highest BCUT2D eigenvalue weighted by Crippen LogP contribution is 2.44. The molecule has 0 N–H and O–H groups in total. The Balaban J connectivity index is 1.56. The average Bonchev–Trinajstić information content (AvgIpc) is 2.92. The summed E-state index contributed by atoms with van der Waals surface area (Å²) in [7, 11) is 0. The Hall–Kier alpha value is -2.54. The molecule has 2 saturated heterocycles. The number of hydrogen-bond acceptors (Lipinski definition) is 4. The van der Waals surface area contributed by atoms with Crippen molar-refractivity contribution in [2.75, 3.05) is 11.5 Å². The van der Waals surface area contributed by atoms with Crippen LogP contribution in [0.15, 0.2) is 42.5 Å². The zero-order valence-corrected chi connectivity index (χ0v) is 15.1. The van der Waals surface area contributed by atoms with Crippen LogP contribution in [0, 0.1) is 23.2 Å². The molecule has 2 bridgehead atoms. The van der Waals surface area contributed by atoms with E-state index in [4.69, 9.17) is 4.74 Å². The van der Waals surface area contributed by atoms with Crippen LogP contribution < -0.4 is 4.90 Å². The van der Waals surface area contributed by atoms with Crippen molar-refractivity contribution in [2.45, 2.75) is 44.7 Å². The largest absolute Gasteiger partial charge is 0.465 e. The molecular weight excluding hydrogens is 324 g/mol. The first-order valence-corrected chi connectivity index (χ1v) is 9.54. The summed E-state index contributed by atoms with van der Waals surface area (Å²) in [6.45, 7) is 2.12. The molecule has 2 aliphatic heterocycles. The van der Waals surface area contributed by atoms with E-state index in [1.54, 1.807) is 6.92 Å². The van der Waals surface area contributed by atoms with Gasteiger partial charge in [-0.15, -0.1) is 0 Å². The third-order valence-electron chi connectivity index (χ3n) is 5.95. The van der Waals surface area contributed by atoms with Crippen LogP contribution in [-0.2, 0) is 9.53 Å². The van der Waals surface area contributed by atoms with E-state index in [2.05, 4.69) is 53.4 Å². The van der Waals surface area contributed by atoms with Gasteiger partial charge in [0.15, 0.2) is 0 Å². The second-order valence-electron chi connectivity index (χ2n) is 7.41. The van der Waals surface area contributed by atoms with E-state index >= 15 is 0 Å². The van der Waals surface area contributed by atoms with E-state index in [1.807, 2.05) is 0 Å². The van der Waals surface area contributed by atoms with Crippen molar-refractivity contribution in [3.63, 3.8) is 0 Å². The molecule has 0 aliphatic carbocycles. The molecule has 3 atom stereocenters. The summed E-state index contributed by atoms with van der Waals surface area (Å²) in [5, 5.41) is 12.0. The molecule has 4 rings (SSSR count). The lowest BCUT2D eigenvalue weighted by Gasteiger charge is -2.41. The third kappa shape index (κ3) is 2.92. The summed E-state index contributed by atoms with van der Waals surface area (Å²) in [4.78, 5) is 14.7. The van der Waals surface area contributed by atoms with Crippen LogP contribution in [0.1, 0.15) is 32.6 Å². The van der Waals surface area contributed by atoms with Crippen LogP contribution in [0.4, 0.5) is 5.69 Å². The molecule has 2 aromatic rings. The number of carbonyl (C=O) groups is 1. The molecule has 26 heavy (non-hydrogen) atoms. The van der Waals surface area contributed by atoms with Crippen LogP contribution in [0.5, 0.6) is 0 Å². The van der Waals surface area contributed by atoms with Gasteiger partial charge in [-0.1, -0.05) is 30.3 Å². The topological polar surface area (TPSA) is 53.3 Å². The maximum atomic E-state index is 12.1. The molecule has 0 radical (unpaired) electrons. The van der Waals surface area contributed by atoms with E-state index < -0.39 is 5.92 Å². The molecule has 3 unspecified atom stereocenters. The fourth-order valence-corrected chi connectivity index (χ4v) is 4.83. The lowest BCUT2D eigenvalue weighted by atomic mass is 9.81. The number of piperidine rings is 1. The van der Waals surface area contributed by atoms with Crippen LogP contribution in [0.3, 0.4) is 0 Å². The Bertz CT molecular complexity index is 843. The van der Waals surface area contributed by atoms with Crippen molar-refractivity contribution >= 4 is 22.4 Å².